The number of aliphatic hydroxyl groups excluding tert-OH is 2. The molecule has 0 aliphatic carbocycles. The lowest BCUT2D eigenvalue weighted by Crippen LogP contribution is -1.90. The highest BCUT2D eigenvalue weighted by Crippen LogP contribution is 1.99. The highest BCUT2D eigenvalue weighted by atomic mass is 16.4. The van der Waals surface area contributed by atoms with Gasteiger partial charge in [-0.15, -0.1) is 0 Å². The Morgan fingerprint density at radius 2 is 1.82 bits per heavy atom. The van der Waals surface area contributed by atoms with Gasteiger partial charge in [0.2, 0.25) is 0 Å². The summed E-state index contributed by atoms with van der Waals surface area (Å²) in [5, 5.41) is 25.7. The van der Waals surface area contributed by atoms with Gasteiger partial charge in [0.1, 0.15) is 5.76 Å². The number of aliphatic hydroxyl groups is 2. The van der Waals surface area contributed by atoms with Crippen LogP contribution < -0.4 is 0 Å². The van der Waals surface area contributed by atoms with Crippen molar-refractivity contribution in [3.8, 4) is 0 Å². The van der Waals surface area contributed by atoms with Gasteiger partial charge in [-0.1, -0.05) is 6.92 Å². The molecule has 0 bridgehead atoms. The molecule has 0 saturated carbocycles. The van der Waals surface area contributed by atoms with Gasteiger partial charge in [-0.25, -0.2) is 4.79 Å². The topological polar surface area (TPSA) is 77.8 Å². The first-order valence-corrected chi connectivity index (χ1v) is 3.09. The summed E-state index contributed by atoms with van der Waals surface area (Å²) in [4.78, 5) is 9.93. The van der Waals surface area contributed by atoms with Crippen LogP contribution in [-0.4, -0.2) is 21.3 Å². The van der Waals surface area contributed by atoms with Crippen LogP contribution in [0.4, 0.5) is 0 Å². The molecular weight excluding hydrogens is 148 g/mol. The van der Waals surface area contributed by atoms with E-state index < -0.39 is 11.7 Å². The molecule has 0 unspecified atom stereocenters. The molecule has 0 aromatic rings. The van der Waals surface area contributed by atoms with Crippen LogP contribution >= 0.6 is 0 Å². The van der Waals surface area contributed by atoms with E-state index >= 15 is 0 Å². The van der Waals surface area contributed by atoms with Crippen molar-refractivity contribution in [3.63, 3.8) is 0 Å². The van der Waals surface area contributed by atoms with Crippen molar-refractivity contribution in [2.24, 2.45) is 0 Å². The average Bonchev–Trinajstić information content (AvgIpc) is 1.85. The van der Waals surface area contributed by atoms with E-state index in [0.29, 0.717) is 12.5 Å². The SMILES string of the molecule is CCC(O)=CC(O)=CC(=O)O. The van der Waals surface area contributed by atoms with Crippen molar-refractivity contribution < 1.29 is 20.1 Å². The maximum absolute atomic E-state index is 9.93. The largest absolute Gasteiger partial charge is 0.512 e. The van der Waals surface area contributed by atoms with Crippen molar-refractivity contribution in [2.75, 3.05) is 0 Å². The van der Waals surface area contributed by atoms with Gasteiger partial charge >= 0.3 is 5.97 Å². The second-order valence-electron chi connectivity index (χ2n) is 1.90. The summed E-state index contributed by atoms with van der Waals surface area (Å²) >= 11 is 0. The minimum Gasteiger partial charge on any atom is -0.512 e. The number of hydrogen-bond acceptors (Lipinski definition) is 3. The van der Waals surface area contributed by atoms with Gasteiger partial charge in [-0.2, -0.15) is 0 Å². The minimum atomic E-state index is -1.25. The van der Waals surface area contributed by atoms with E-state index in [9.17, 15) is 4.79 Å². The van der Waals surface area contributed by atoms with Gasteiger partial charge in [0.05, 0.1) is 11.8 Å². The third kappa shape index (κ3) is 5.02. The van der Waals surface area contributed by atoms with Gasteiger partial charge in [-0.3, -0.25) is 0 Å². The van der Waals surface area contributed by atoms with Crippen LogP contribution in [0.1, 0.15) is 13.3 Å². The van der Waals surface area contributed by atoms with Crippen molar-refractivity contribution in [1.82, 2.24) is 0 Å². The molecule has 0 atom stereocenters. The minimum absolute atomic E-state index is 0.0556. The summed E-state index contributed by atoms with van der Waals surface area (Å²) in [5.74, 6) is -1.76. The van der Waals surface area contributed by atoms with Crippen molar-refractivity contribution in [1.29, 1.82) is 0 Å². The normalized spacial score (nSPS) is 13.2. The van der Waals surface area contributed by atoms with E-state index in [-0.39, 0.29) is 5.76 Å². The maximum atomic E-state index is 9.93. The summed E-state index contributed by atoms with van der Waals surface area (Å²) in [5.41, 5.74) is 0. The highest BCUT2D eigenvalue weighted by molar-refractivity contribution is 5.80. The lowest BCUT2D eigenvalue weighted by Gasteiger charge is -1.92. The molecule has 0 saturated heterocycles. The Bertz CT molecular complexity index is 202. The molecule has 4 nitrogen and oxygen atoms in total. The third-order valence-corrected chi connectivity index (χ3v) is 0.948. The van der Waals surface area contributed by atoms with Crippen LogP contribution in [0.25, 0.3) is 0 Å². The zero-order chi connectivity index (χ0) is 8.85. The molecule has 0 aliphatic heterocycles. The first-order valence-electron chi connectivity index (χ1n) is 3.09. The fraction of sp³-hybridized carbons (Fsp3) is 0.286. The van der Waals surface area contributed by atoms with Crippen LogP contribution in [0.2, 0.25) is 0 Å². The molecule has 0 amide bonds. The smallest absolute Gasteiger partial charge is 0.332 e. The number of carbonyl (C=O) groups is 1. The Hall–Kier alpha value is -1.45. The maximum Gasteiger partial charge on any atom is 0.332 e. The van der Waals surface area contributed by atoms with Crippen LogP contribution in [0.15, 0.2) is 23.7 Å². The fourth-order valence-corrected chi connectivity index (χ4v) is 0.441. The van der Waals surface area contributed by atoms with Crippen molar-refractivity contribution in [2.45, 2.75) is 13.3 Å². The Morgan fingerprint density at radius 1 is 1.27 bits per heavy atom. The summed E-state index contributed by atoms with van der Waals surface area (Å²) in [6, 6.07) is 0. The zero-order valence-electron chi connectivity index (χ0n) is 6.11. The average molecular weight is 158 g/mol. The van der Waals surface area contributed by atoms with Crippen LogP contribution in [-0.2, 0) is 4.79 Å². The standard InChI is InChI=1S/C7H10O4/c1-2-5(8)3-6(9)4-7(10)11/h3-4,8-9H,2H2,1H3,(H,10,11). The Kier molecular flexibility index (Phi) is 3.80. The van der Waals surface area contributed by atoms with Crippen molar-refractivity contribution >= 4 is 5.97 Å². The van der Waals surface area contributed by atoms with Crippen LogP contribution in [0.5, 0.6) is 0 Å². The predicted molar refractivity (Wildman–Crippen MR) is 39.4 cm³/mol. The second-order valence-corrected chi connectivity index (χ2v) is 1.90. The van der Waals surface area contributed by atoms with Gasteiger partial charge < -0.3 is 15.3 Å². The molecular formula is C7H10O4. The van der Waals surface area contributed by atoms with E-state index in [1.165, 1.54) is 0 Å². The molecule has 0 fully saturated rings. The Labute approximate surface area is 64.1 Å². The van der Waals surface area contributed by atoms with E-state index in [1.807, 2.05) is 0 Å². The highest BCUT2D eigenvalue weighted by Gasteiger charge is 1.94. The molecule has 11 heavy (non-hydrogen) atoms. The quantitative estimate of drug-likeness (QED) is 0.329. The lowest BCUT2D eigenvalue weighted by molar-refractivity contribution is -0.131. The van der Waals surface area contributed by atoms with Gasteiger partial charge in [-0.05, 0) is 0 Å². The third-order valence-electron chi connectivity index (χ3n) is 0.948. The molecule has 4 heteroatoms. The first-order chi connectivity index (χ1) is 5.06. The Morgan fingerprint density at radius 3 is 2.18 bits per heavy atom. The Balaban J connectivity index is 4.26. The van der Waals surface area contributed by atoms with Gasteiger partial charge in [0.15, 0.2) is 0 Å². The van der Waals surface area contributed by atoms with Crippen molar-refractivity contribution in [3.05, 3.63) is 23.7 Å². The predicted octanol–water partition coefficient (Wildman–Crippen LogP) is 1.36. The second kappa shape index (κ2) is 4.38. The monoisotopic (exact) mass is 158 g/mol. The molecule has 0 spiro atoms. The molecule has 3 N–H and O–H groups in total. The fourth-order valence-electron chi connectivity index (χ4n) is 0.441. The number of hydrogen-bond donors (Lipinski definition) is 3. The molecule has 0 aliphatic rings. The molecule has 0 radical (unpaired) electrons. The molecule has 0 rings (SSSR count). The molecule has 0 heterocycles. The molecule has 0 aromatic heterocycles. The number of aliphatic carboxylic acids is 1. The number of carboxylic acid groups (broad SMARTS) is 1. The lowest BCUT2D eigenvalue weighted by atomic mass is 10.3. The van der Waals surface area contributed by atoms with Crippen LogP contribution in [0.3, 0.4) is 0 Å². The molecule has 62 valence electrons. The van der Waals surface area contributed by atoms with E-state index in [0.717, 1.165) is 6.08 Å². The van der Waals surface area contributed by atoms with E-state index in [1.54, 1.807) is 6.92 Å². The van der Waals surface area contributed by atoms with E-state index in [4.69, 9.17) is 15.3 Å². The molecule has 0 aromatic carbocycles. The van der Waals surface area contributed by atoms with Crippen LogP contribution in [0, 0.1) is 0 Å². The summed E-state index contributed by atoms with van der Waals surface area (Å²) in [6.07, 6.45) is 1.96. The van der Waals surface area contributed by atoms with E-state index in [2.05, 4.69) is 0 Å². The summed E-state index contributed by atoms with van der Waals surface area (Å²) in [6.45, 7) is 1.68. The number of allylic oxidation sites excluding steroid dienone is 2. The zero-order valence-corrected chi connectivity index (χ0v) is 6.11. The number of carboxylic acids is 1. The van der Waals surface area contributed by atoms with Gasteiger partial charge in [0, 0.05) is 12.5 Å². The van der Waals surface area contributed by atoms with Gasteiger partial charge in [0.25, 0.3) is 0 Å². The number of rotatable bonds is 3. The summed E-state index contributed by atoms with van der Waals surface area (Å²) in [7, 11) is 0. The summed E-state index contributed by atoms with van der Waals surface area (Å²) < 4.78 is 0. The first kappa shape index (κ1) is 9.55.